The summed E-state index contributed by atoms with van der Waals surface area (Å²) in [6, 6.07) is -0.634. The van der Waals surface area contributed by atoms with E-state index < -0.39 is 17.6 Å². The number of alkyl halides is 1. The Balaban J connectivity index is 4.68. The van der Waals surface area contributed by atoms with Gasteiger partial charge in [-0.05, 0) is 26.7 Å². The predicted octanol–water partition coefficient (Wildman–Crippen LogP) is 2.10. The molecule has 0 heterocycles. The van der Waals surface area contributed by atoms with E-state index >= 15 is 0 Å². The van der Waals surface area contributed by atoms with E-state index in [2.05, 4.69) is 5.32 Å². The molecule has 0 aromatic carbocycles. The van der Waals surface area contributed by atoms with E-state index in [-0.39, 0.29) is 17.7 Å². The third kappa shape index (κ3) is 6.51. The first-order valence-electron chi connectivity index (χ1n) is 5.79. The van der Waals surface area contributed by atoms with Crippen LogP contribution < -0.4 is 5.32 Å². The van der Waals surface area contributed by atoms with Gasteiger partial charge in [0.2, 0.25) is 5.91 Å². The smallest absolute Gasteiger partial charge is 0.329 e. The van der Waals surface area contributed by atoms with E-state index in [9.17, 15) is 9.59 Å². The minimum atomic E-state index is -0.634. The molecule has 0 aromatic heterocycles. The van der Waals surface area contributed by atoms with E-state index in [1.807, 2.05) is 13.8 Å². The number of carbonyl (C=O) groups excluding carboxylic acids is 2. The van der Waals surface area contributed by atoms with Gasteiger partial charge in [0, 0.05) is 0 Å². The van der Waals surface area contributed by atoms with Crippen molar-refractivity contribution in [2.75, 3.05) is 5.88 Å². The molecule has 0 aliphatic rings. The normalized spacial score (nSPS) is 14.9. The molecule has 0 aliphatic carbocycles. The average Bonchev–Trinajstić information content (AvgIpc) is 2.21. The minimum absolute atomic E-state index is 0.0111. The Morgan fingerprint density at radius 1 is 1.35 bits per heavy atom. The number of hydrogen-bond acceptors (Lipinski definition) is 3. The van der Waals surface area contributed by atoms with Crippen LogP contribution in [0.15, 0.2) is 0 Å². The molecule has 1 amide bonds. The zero-order valence-corrected chi connectivity index (χ0v) is 11.9. The van der Waals surface area contributed by atoms with Crippen LogP contribution in [0.5, 0.6) is 0 Å². The van der Waals surface area contributed by atoms with Gasteiger partial charge in [-0.1, -0.05) is 20.3 Å². The molecule has 0 rings (SSSR count). The second-order valence-corrected chi connectivity index (χ2v) is 5.37. The Hall–Kier alpha value is -0.770. The Morgan fingerprint density at radius 2 is 1.88 bits per heavy atom. The molecular weight excluding hydrogens is 242 g/mol. The molecule has 0 saturated heterocycles. The number of halogens is 1. The van der Waals surface area contributed by atoms with Crippen LogP contribution in [0.3, 0.4) is 0 Å². The summed E-state index contributed by atoms with van der Waals surface area (Å²) in [6.45, 7) is 9.23. The average molecular weight is 264 g/mol. The lowest BCUT2D eigenvalue weighted by molar-refractivity contribution is -0.160. The number of nitrogens with one attached hydrogen (secondary N) is 1. The highest BCUT2D eigenvalue weighted by Gasteiger charge is 2.30. The first kappa shape index (κ1) is 16.2. The first-order valence-corrected chi connectivity index (χ1v) is 6.33. The lowest BCUT2D eigenvalue weighted by atomic mass is 9.99. The highest BCUT2D eigenvalue weighted by molar-refractivity contribution is 6.27. The predicted molar refractivity (Wildman–Crippen MR) is 68.0 cm³/mol. The molecule has 0 aromatic rings. The molecular formula is C12H22ClNO3. The van der Waals surface area contributed by atoms with Gasteiger partial charge in [0.1, 0.15) is 17.5 Å². The maximum absolute atomic E-state index is 11.9. The Morgan fingerprint density at radius 3 is 2.24 bits per heavy atom. The molecule has 1 N–H and O–H groups in total. The molecule has 4 nitrogen and oxygen atoms in total. The summed E-state index contributed by atoms with van der Waals surface area (Å²) in [5, 5.41) is 2.59. The minimum Gasteiger partial charge on any atom is -0.458 e. The first-order chi connectivity index (χ1) is 7.71. The molecule has 0 spiro atoms. The standard InChI is InChI=1S/C12H22ClNO3/c1-6-8(2)10(14-9(15)7-13)11(16)17-12(3,4)5/h8,10H,6-7H2,1-5H3,(H,14,15)/t8-,10-/m0/s1. The van der Waals surface area contributed by atoms with Crippen molar-refractivity contribution in [1.82, 2.24) is 5.32 Å². The summed E-state index contributed by atoms with van der Waals surface area (Å²) in [5.74, 6) is -0.916. The zero-order chi connectivity index (χ0) is 13.6. The van der Waals surface area contributed by atoms with Crippen molar-refractivity contribution in [2.45, 2.75) is 52.7 Å². The van der Waals surface area contributed by atoms with Gasteiger partial charge < -0.3 is 10.1 Å². The summed E-state index contributed by atoms with van der Waals surface area (Å²) in [4.78, 5) is 23.2. The second-order valence-electron chi connectivity index (χ2n) is 5.10. The zero-order valence-electron chi connectivity index (χ0n) is 11.2. The van der Waals surface area contributed by atoms with Crippen molar-refractivity contribution in [1.29, 1.82) is 0 Å². The van der Waals surface area contributed by atoms with Gasteiger partial charge >= 0.3 is 5.97 Å². The van der Waals surface area contributed by atoms with Crippen LogP contribution in [0.2, 0.25) is 0 Å². The van der Waals surface area contributed by atoms with E-state index in [0.717, 1.165) is 6.42 Å². The fraction of sp³-hybridized carbons (Fsp3) is 0.833. The van der Waals surface area contributed by atoms with Crippen molar-refractivity contribution < 1.29 is 14.3 Å². The quantitative estimate of drug-likeness (QED) is 0.610. The van der Waals surface area contributed by atoms with Crippen molar-refractivity contribution in [3.8, 4) is 0 Å². The van der Waals surface area contributed by atoms with Crippen LogP contribution in [0.1, 0.15) is 41.0 Å². The summed E-state index contributed by atoms with van der Waals surface area (Å²) < 4.78 is 5.27. The van der Waals surface area contributed by atoms with Crippen molar-refractivity contribution in [2.24, 2.45) is 5.92 Å². The number of hydrogen-bond donors (Lipinski definition) is 1. The molecule has 0 bridgehead atoms. The number of rotatable bonds is 5. The van der Waals surface area contributed by atoms with Gasteiger partial charge in [-0.25, -0.2) is 4.79 Å². The van der Waals surface area contributed by atoms with Gasteiger partial charge in [-0.3, -0.25) is 4.79 Å². The molecule has 0 unspecified atom stereocenters. The van der Waals surface area contributed by atoms with E-state index in [1.165, 1.54) is 0 Å². The molecule has 5 heteroatoms. The third-order valence-electron chi connectivity index (χ3n) is 2.31. The van der Waals surface area contributed by atoms with Gasteiger partial charge in [0.05, 0.1) is 0 Å². The van der Waals surface area contributed by atoms with Gasteiger partial charge in [-0.2, -0.15) is 0 Å². The maximum atomic E-state index is 11.9. The summed E-state index contributed by atoms with van der Waals surface area (Å²) in [6.07, 6.45) is 0.770. The van der Waals surface area contributed by atoms with E-state index in [4.69, 9.17) is 16.3 Å². The number of amides is 1. The van der Waals surface area contributed by atoms with Crippen LogP contribution >= 0.6 is 11.6 Å². The number of esters is 1. The molecule has 17 heavy (non-hydrogen) atoms. The fourth-order valence-corrected chi connectivity index (χ4v) is 1.32. The molecule has 100 valence electrons. The number of ether oxygens (including phenoxy) is 1. The van der Waals surface area contributed by atoms with Crippen molar-refractivity contribution >= 4 is 23.5 Å². The lowest BCUT2D eigenvalue weighted by Gasteiger charge is -2.27. The SMILES string of the molecule is CC[C@H](C)[C@H](NC(=O)CCl)C(=O)OC(C)(C)C. The number of carbonyl (C=O) groups is 2. The van der Waals surface area contributed by atoms with Crippen LogP contribution in [0, 0.1) is 5.92 Å². The molecule has 2 atom stereocenters. The maximum Gasteiger partial charge on any atom is 0.329 e. The van der Waals surface area contributed by atoms with Gasteiger partial charge in [0.15, 0.2) is 0 Å². The molecule has 0 saturated carbocycles. The Labute approximate surface area is 108 Å². The van der Waals surface area contributed by atoms with E-state index in [0.29, 0.717) is 0 Å². The molecule has 0 aliphatic heterocycles. The second kappa shape index (κ2) is 6.84. The van der Waals surface area contributed by atoms with Crippen LogP contribution in [-0.2, 0) is 14.3 Å². The summed E-state index contributed by atoms with van der Waals surface area (Å²) >= 11 is 5.42. The van der Waals surface area contributed by atoms with Crippen LogP contribution in [-0.4, -0.2) is 29.4 Å². The highest BCUT2D eigenvalue weighted by Crippen LogP contribution is 2.14. The van der Waals surface area contributed by atoms with Gasteiger partial charge in [0.25, 0.3) is 0 Å². The highest BCUT2D eigenvalue weighted by atomic mass is 35.5. The largest absolute Gasteiger partial charge is 0.458 e. The topological polar surface area (TPSA) is 55.4 Å². The Kier molecular flexibility index (Phi) is 6.53. The third-order valence-corrected chi connectivity index (χ3v) is 2.55. The fourth-order valence-electron chi connectivity index (χ4n) is 1.25. The lowest BCUT2D eigenvalue weighted by Crippen LogP contribution is -2.48. The van der Waals surface area contributed by atoms with E-state index in [1.54, 1.807) is 20.8 Å². The summed E-state index contributed by atoms with van der Waals surface area (Å²) in [5.41, 5.74) is -0.561. The van der Waals surface area contributed by atoms with Gasteiger partial charge in [-0.15, -0.1) is 11.6 Å². The monoisotopic (exact) mass is 263 g/mol. The summed E-state index contributed by atoms with van der Waals surface area (Å²) in [7, 11) is 0. The molecule has 0 radical (unpaired) electrons. The van der Waals surface area contributed by atoms with Crippen molar-refractivity contribution in [3.05, 3.63) is 0 Å². The van der Waals surface area contributed by atoms with Crippen LogP contribution in [0.25, 0.3) is 0 Å². The molecule has 0 fully saturated rings. The Bertz CT molecular complexity index is 273. The van der Waals surface area contributed by atoms with Crippen LogP contribution in [0.4, 0.5) is 0 Å². The van der Waals surface area contributed by atoms with Crippen molar-refractivity contribution in [3.63, 3.8) is 0 Å².